The molecule has 0 aromatic heterocycles. The summed E-state index contributed by atoms with van der Waals surface area (Å²) in [6, 6.07) is 4.67. The molecule has 0 aliphatic heterocycles. The molecule has 0 radical (unpaired) electrons. The Morgan fingerprint density at radius 3 is 2.53 bits per heavy atom. The molecule has 90 valence electrons. The Labute approximate surface area is 98.8 Å². The number of methoxy groups -OCH3 is 2. The minimum atomic E-state index is -0.493. The van der Waals surface area contributed by atoms with Crippen molar-refractivity contribution in [1.29, 1.82) is 0 Å². The zero-order valence-corrected chi connectivity index (χ0v) is 9.60. The fourth-order valence-electron chi connectivity index (χ4n) is 1.19. The standard InChI is InChI=1S/C12H13NO4/c1-16-11(14)6-4-8-7-9(12(15)17-2)3-5-10(8)13/h3-7H,13H2,1-2H3. The lowest BCUT2D eigenvalue weighted by Crippen LogP contribution is -2.02. The SMILES string of the molecule is COC(=O)C=Cc1cc(C(=O)OC)ccc1N. The number of hydrogen-bond donors (Lipinski definition) is 1. The van der Waals surface area contributed by atoms with E-state index >= 15 is 0 Å². The van der Waals surface area contributed by atoms with Crippen molar-refractivity contribution in [3.05, 3.63) is 35.4 Å². The quantitative estimate of drug-likeness (QED) is 0.484. The Balaban J connectivity index is 3.02. The predicted octanol–water partition coefficient (Wildman–Crippen LogP) is 1.24. The van der Waals surface area contributed by atoms with E-state index in [1.165, 1.54) is 26.4 Å². The molecule has 0 aliphatic carbocycles. The smallest absolute Gasteiger partial charge is 0.337 e. The van der Waals surface area contributed by atoms with Gasteiger partial charge in [-0.05, 0) is 29.8 Å². The van der Waals surface area contributed by atoms with Gasteiger partial charge < -0.3 is 15.2 Å². The zero-order valence-electron chi connectivity index (χ0n) is 9.60. The average Bonchev–Trinajstić information content (AvgIpc) is 2.36. The Hall–Kier alpha value is -2.30. The van der Waals surface area contributed by atoms with Crippen LogP contribution in [-0.4, -0.2) is 26.2 Å². The van der Waals surface area contributed by atoms with Crippen molar-refractivity contribution in [2.75, 3.05) is 20.0 Å². The van der Waals surface area contributed by atoms with Crippen molar-refractivity contribution >= 4 is 23.7 Å². The van der Waals surface area contributed by atoms with E-state index in [4.69, 9.17) is 5.73 Å². The van der Waals surface area contributed by atoms with Crippen LogP contribution in [0.3, 0.4) is 0 Å². The van der Waals surface area contributed by atoms with E-state index in [9.17, 15) is 9.59 Å². The number of anilines is 1. The number of ether oxygens (including phenoxy) is 2. The van der Waals surface area contributed by atoms with Crippen LogP contribution in [0.5, 0.6) is 0 Å². The van der Waals surface area contributed by atoms with Crippen LogP contribution in [0.2, 0.25) is 0 Å². The van der Waals surface area contributed by atoms with Gasteiger partial charge in [-0.2, -0.15) is 0 Å². The molecule has 0 heterocycles. The Kier molecular flexibility index (Phi) is 4.28. The number of benzene rings is 1. The molecular weight excluding hydrogens is 222 g/mol. The zero-order chi connectivity index (χ0) is 12.8. The first kappa shape index (κ1) is 12.8. The van der Waals surface area contributed by atoms with E-state index in [0.717, 1.165) is 0 Å². The molecule has 0 aliphatic rings. The average molecular weight is 235 g/mol. The summed E-state index contributed by atoms with van der Waals surface area (Å²) in [5.74, 6) is -0.953. The molecular formula is C12H13NO4. The molecule has 5 heteroatoms. The highest BCUT2D eigenvalue weighted by atomic mass is 16.5. The molecule has 5 nitrogen and oxygen atoms in total. The largest absolute Gasteiger partial charge is 0.466 e. The van der Waals surface area contributed by atoms with Gasteiger partial charge in [0.1, 0.15) is 0 Å². The summed E-state index contributed by atoms with van der Waals surface area (Å²) in [6.07, 6.45) is 2.71. The van der Waals surface area contributed by atoms with Gasteiger partial charge in [-0.1, -0.05) is 0 Å². The lowest BCUT2D eigenvalue weighted by atomic mass is 10.1. The number of nitrogens with two attached hydrogens (primary N) is 1. The van der Waals surface area contributed by atoms with Gasteiger partial charge in [0, 0.05) is 11.8 Å². The summed E-state index contributed by atoms with van der Waals surface area (Å²) in [6.45, 7) is 0. The summed E-state index contributed by atoms with van der Waals surface area (Å²) in [4.78, 5) is 22.2. The van der Waals surface area contributed by atoms with Crippen molar-refractivity contribution in [3.63, 3.8) is 0 Å². The van der Waals surface area contributed by atoms with Gasteiger partial charge in [0.2, 0.25) is 0 Å². The topological polar surface area (TPSA) is 78.6 Å². The minimum Gasteiger partial charge on any atom is -0.466 e. The van der Waals surface area contributed by atoms with Crippen LogP contribution in [-0.2, 0) is 14.3 Å². The van der Waals surface area contributed by atoms with Crippen LogP contribution in [0.25, 0.3) is 6.08 Å². The monoisotopic (exact) mass is 235 g/mol. The first-order chi connectivity index (χ1) is 8.08. The summed E-state index contributed by atoms with van der Waals surface area (Å²) in [5.41, 5.74) is 7.08. The molecule has 0 amide bonds. The van der Waals surface area contributed by atoms with Crippen LogP contribution >= 0.6 is 0 Å². The Bertz CT molecular complexity index is 466. The van der Waals surface area contributed by atoms with Crippen LogP contribution < -0.4 is 5.73 Å². The van der Waals surface area contributed by atoms with Crippen LogP contribution in [0.1, 0.15) is 15.9 Å². The fourth-order valence-corrected chi connectivity index (χ4v) is 1.19. The van der Waals surface area contributed by atoms with Crippen molar-refractivity contribution in [3.8, 4) is 0 Å². The van der Waals surface area contributed by atoms with E-state index in [1.54, 1.807) is 18.2 Å². The van der Waals surface area contributed by atoms with Gasteiger partial charge in [-0.25, -0.2) is 9.59 Å². The lowest BCUT2D eigenvalue weighted by Gasteiger charge is -2.03. The van der Waals surface area contributed by atoms with Gasteiger partial charge >= 0.3 is 11.9 Å². The minimum absolute atomic E-state index is 0.367. The molecule has 2 N–H and O–H groups in total. The normalized spacial score (nSPS) is 10.2. The lowest BCUT2D eigenvalue weighted by molar-refractivity contribution is -0.134. The van der Waals surface area contributed by atoms with Gasteiger partial charge in [-0.15, -0.1) is 0 Å². The van der Waals surface area contributed by atoms with E-state index in [0.29, 0.717) is 16.8 Å². The third-order valence-corrected chi connectivity index (χ3v) is 2.11. The third-order valence-electron chi connectivity index (χ3n) is 2.11. The predicted molar refractivity (Wildman–Crippen MR) is 63.2 cm³/mol. The summed E-state index contributed by atoms with van der Waals surface area (Å²) in [7, 11) is 2.57. The van der Waals surface area contributed by atoms with Gasteiger partial charge in [0.15, 0.2) is 0 Å². The number of rotatable bonds is 3. The first-order valence-electron chi connectivity index (χ1n) is 4.82. The fraction of sp³-hybridized carbons (Fsp3) is 0.167. The number of hydrogen-bond acceptors (Lipinski definition) is 5. The van der Waals surface area contributed by atoms with E-state index < -0.39 is 11.9 Å². The van der Waals surface area contributed by atoms with Crippen LogP contribution in [0.4, 0.5) is 5.69 Å². The van der Waals surface area contributed by atoms with E-state index in [2.05, 4.69) is 9.47 Å². The summed E-state index contributed by atoms with van der Waals surface area (Å²) in [5, 5.41) is 0. The number of carbonyl (C=O) groups is 2. The first-order valence-corrected chi connectivity index (χ1v) is 4.82. The molecule has 0 atom stereocenters. The van der Waals surface area contributed by atoms with Gasteiger partial charge in [0.25, 0.3) is 0 Å². The second-order valence-corrected chi connectivity index (χ2v) is 3.19. The summed E-state index contributed by atoms with van der Waals surface area (Å²) < 4.78 is 9.03. The second-order valence-electron chi connectivity index (χ2n) is 3.19. The molecule has 0 bridgehead atoms. The molecule has 0 spiro atoms. The highest BCUT2D eigenvalue weighted by Crippen LogP contribution is 2.16. The second kappa shape index (κ2) is 5.69. The maximum atomic E-state index is 11.3. The maximum Gasteiger partial charge on any atom is 0.337 e. The molecule has 1 aromatic rings. The van der Waals surface area contributed by atoms with E-state index in [1.807, 2.05) is 0 Å². The number of esters is 2. The third kappa shape index (κ3) is 3.34. The van der Waals surface area contributed by atoms with Gasteiger partial charge in [0.05, 0.1) is 19.8 Å². The molecule has 0 unspecified atom stereocenters. The molecule has 1 rings (SSSR count). The highest BCUT2D eigenvalue weighted by Gasteiger charge is 2.07. The van der Waals surface area contributed by atoms with Crippen molar-refractivity contribution in [2.24, 2.45) is 0 Å². The maximum absolute atomic E-state index is 11.3. The van der Waals surface area contributed by atoms with E-state index in [-0.39, 0.29) is 0 Å². The Morgan fingerprint density at radius 2 is 1.94 bits per heavy atom. The number of nitrogen functional groups attached to an aromatic ring is 1. The van der Waals surface area contributed by atoms with Crippen molar-refractivity contribution in [1.82, 2.24) is 0 Å². The summed E-state index contributed by atoms with van der Waals surface area (Å²) >= 11 is 0. The molecule has 0 fully saturated rings. The number of carbonyl (C=O) groups excluding carboxylic acids is 2. The van der Waals surface area contributed by atoms with Crippen molar-refractivity contribution in [2.45, 2.75) is 0 Å². The van der Waals surface area contributed by atoms with Crippen LogP contribution in [0.15, 0.2) is 24.3 Å². The molecule has 17 heavy (non-hydrogen) atoms. The molecule has 0 saturated heterocycles. The van der Waals surface area contributed by atoms with Crippen LogP contribution in [0, 0.1) is 0 Å². The molecule has 1 aromatic carbocycles. The van der Waals surface area contributed by atoms with Crippen molar-refractivity contribution < 1.29 is 19.1 Å². The van der Waals surface area contributed by atoms with Gasteiger partial charge in [-0.3, -0.25) is 0 Å². The Morgan fingerprint density at radius 1 is 1.24 bits per heavy atom. The molecule has 0 saturated carbocycles. The highest BCUT2D eigenvalue weighted by molar-refractivity contribution is 5.92.